The number of sulfone groups is 1. The molecule has 0 amide bonds. The zero-order chi connectivity index (χ0) is 14.8. The molecule has 2 nitrogen and oxygen atoms in total. The van der Waals surface area contributed by atoms with Crippen molar-refractivity contribution < 1.29 is 42.8 Å². The molecule has 0 aromatic heterocycles. The van der Waals surface area contributed by atoms with E-state index in [1.54, 1.807) is 36.4 Å². The summed E-state index contributed by atoms with van der Waals surface area (Å²) < 4.78 is 62.2. The molecule has 0 aliphatic heterocycles. The van der Waals surface area contributed by atoms with E-state index in [1.165, 1.54) is 12.1 Å². The SMILES string of the molecule is O=S(=O)(c1ccccc1[I+]c1ccccc1)C(F)(F)F. The molecule has 2 rings (SSSR count). The van der Waals surface area contributed by atoms with Crippen molar-refractivity contribution in [1.82, 2.24) is 0 Å². The summed E-state index contributed by atoms with van der Waals surface area (Å²) in [5.74, 6) is 0. The van der Waals surface area contributed by atoms with Crippen LogP contribution in [0.25, 0.3) is 0 Å². The average molecular weight is 413 g/mol. The Hall–Kier alpha value is -1.09. The monoisotopic (exact) mass is 413 g/mol. The highest BCUT2D eigenvalue weighted by molar-refractivity contribution is 7.92. The van der Waals surface area contributed by atoms with Gasteiger partial charge in [0.15, 0.2) is 3.57 Å². The van der Waals surface area contributed by atoms with Gasteiger partial charge in [0.05, 0.1) is 0 Å². The van der Waals surface area contributed by atoms with E-state index in [0.29, 0.717) is 0 Å². The van der Waals surface area contributed by atoms with Gasteiger partial charge in [-0.1, -0.05) is 30.3 Å². The number of hydrogen-bond donors (Lipinski definition) is 0. The van der Waals surface area contributed by atoms with Crippen molar-refractivity contribution in [2.45, 2.75) is 10.4 Å². The van der Waals surface area contributed by atoms with E-state index in [4.69, 9.17) is 0 Å². The molecule has 0 heterocycles. The molecule has 0 saturated heterocycles. The lowest BCUT2D eigenvalue weighted by atomic mass is 10.4. The molecule has 7 heteroatoms. The molecule has 20 heavy (non-hydrogen) atoms. The van der Waals surface area contributed by atoms with Crippen LogP contribution >= 0.6 is 0 Å². The highest BCUT2D eigenvalue weighted by Crippen LogP contribution is 2.29. The number of halogens is 4. The minimum atomic E-state index is -5.30. The second-order valence-corrected chi connectivity index (χ2v) is 8.63. The first-order valence-electron chi connectivity index (χ1n) is 5.42. The predicted molar refractivity (Wildman–Crippen MR) is 63.5 cm³/mol. The molecule has 2 aromatic rings. The summed E-state index contributed by atoms with van der Waals surface area (Å²) in [6.07, 6.45) is 0. The molecule has 0 N–H and O–H groups in total. The number of benzene rings is 2. The zero-order valence-corrected chi connectivity index (χ0v) is 12.9. The molecule has 0 radical (unpaired) electrons. The summed E-state index contributed by atoms with van der Waals surface area (Å²) in [6, 6.07) is 14.2. The van der Waals surface area contributed by atoms with Crippen molar-refractivity contribution in [2.24, 2.45) is 0 Å². The molecule has 0 bridgehead atoms. The summed E-state index contributed by atoms with van der Waals surface area (Å²) in [5, 5.41) is 0. The van der Waals surface area contributed by atoms with Crippen LogP contribution in [0.5, 0.6) is 0 Å². The molecule has 0 atom stereocenters. The van der Waals surface area contributed by atoms with Gasteiger partial charge in [0.2, 0.25) is 3.57 Å². The second kappa shape index (κ2) is 5.72. The molecule has 0 spiro atoms. The molecule has 0 unspecified atom stereocenters. The zero-order valence-electron chi connectivity index (χ0n) is 9.93. The molecular formula is C13H9F3IO2S+. The Morgan fingerprint density at radius 3 is 2.00 bits per heavy atom. The third-order valence-corrected chi connectivity index (χ3v) is 7.15. The molecular weight excluding hydrogens is 404 g/mol. The van der Waals surface area contributed by atoms with Crippen LogP contribution in [0.2, 0.25) is 0 Å². The van der Waals surface area contributed by atoms with Crippen LogP contribution in [0, 0.1) is 7.14 Å². The fourth-order valence-corrected chi connectivity index (χ4v) is 5.70. The first-order valence-corrected chi connectivity index (χ1v) is 9.07. The summed E-state index contributed by atoms with van der Waals surface area (Å²) in [6.45, 7) is 0. The van der Waals surface area contributed by atoms with Gasteiger partial charge in [-0.25, -0.2) is 8.42 Å². The van der Waals surface area contributed by atoms with Crippen LogP contribution in [0.15, 0.2) is 59.5 Å². The number of hydrogen-bond acceptors (Lipinski definition) is 2. The quantitative estimate of drug-likeness (QED) is 0.670. The van der Waals surface area contributed by atoms with Gasteiger partial charge < -0.3 is 0 Å². The van der Waals surface area contributed by atoms with Crippen molar-refractivity contribution in [3.63, 3.8) is 0 Å². The van der Waals surface area contributed by atoms with Gasteiger partial charge in [-0.05, 0) is 24.3 Å². The fraction of sp³-hybridized carbons (Fsp3) is 0.0769. The summed E-state index contributed by atoms with van der Waals surface area (Å²) in [4.78, 5) is -0.635. The Kier molecular flexibility index (Phi) is 4.38. The van der Waals surface area contributed by atoms with Crippen molar-refractivity contribution in [3.05, 3.63) is 61.7 Å². The molecule has 106 valence electrons. The number of alkyl halides is 3. The maximum atomic E-state index is 12.7. The van der Waals surface area contributed by atoms with E-state index in [-0.39, 0.29) is 3.57 Å². The molecule has 0 aliphatic carbocycles. The largest absolute Gasteiger partial charge is 0.502 e. The molecule has 0 aliphatic rings. The topological polar surface area (TPSA) is 34.1 Å². The van der Waals surface area contributed by atoms with Crippen LogP contribution in [0.3, 0.4) is 0 Å². The predicted octanol–water partition coefficient (Wildman–Crippen LogP) is 0.109. The Bertz CT molecular complexity index is 697. The Labute approximate surface area is 124 Å². The van der Waals surface area contributed by atoms with E-state index < -0.39 is 41.4 Å². The van der Waals surface area contributed by atoms with Gasteiger partial charge in [0, 0.05) is 0 Å². The lowest BCUT2D eigenvalue weighted by Gasteiger charge is -2.07. The lowest BCUT2D eigenvalue weighted by molar-refractivity contribution is -0.601. The van der Waals surface area contributed by atoms with Crippen LogP contribution in [-0.2, 0) is 9.84 Å². The third-order valence-electron chi connectivity index (χ3n) is 2.37. The van der Waals surface area contributed by atoms with E-state index in [2.05, 4.69) is 0 Å². The Morgan fingerprint density at radius 1 is 0.850 bits per heavy atom. The highest BCUT2D eigenvalue weighted by Gasteiger charge is 2.49. The maximum absolute atomic E-state index is 12.7. The van der Waals surface area contributed by atoms with E-state index >= 15 is 0 Å². The maximum Gasteiger partial charge on any atom is 0.502 e. The van der Waals surface area contributed by atoms with Gasteiger partial charge in [-0.2, -0.15) is 13.2 Å². The Morgan fingerprint density at radius 2 is 1.40 bits per heavy atom. The lowest BCUT2D eigenvalue weighted by Crippen LogP contribution is -3.61. The third kappa shape index (κ3) is 3.14. The second-order valence-electron chi connectivity index (χ2n) is 3.77. The van der Waals surface area contributed by atoms with Gasteiger partial charge in [0.1, 0.15) is 4.90 Å². The van der Waals surface area contributed by atoms with Crippen LogP contribution in [0.4, 0.5) is 13.2 Å². The molecule has 2 aromatic carbocycles. The van der Waals surface area contributed by atoms with Gasteiger partial charge in [-0.15, -0.1) is 0 Å². The highest BCUT2D eigenvalue weighted by atomic mass is 127. The van der Waals surface area contributed by atoms with Crippen molar-refractivity contribution >= 4 is 9.84 Å². The first kappa shape index (κ1) is 15.3. The van der Waals surface area contributed by atoms with Crippen LogP contribution < -0.4 is 21.2 Å². The van der Waals surface area contributed by atoms with Crippen molar-refractivity contribution in [2.75, 3.05) is 0 Å². The van der Waals surface area contributed by atoms with Gasteiger partial charge >= 0.3 is 26.7 Å². The van der Waals surface area contributed by atoms with Gasteiger partial charge in [0.25, 0.3) is 9.84 Å². The first-order chi connectivity index (χ1) is 9.32. The van der Waals surface area contributed by atoms with E-state index in [1.807, 2.05) is 0 Å². The Balaban J connectivity index is 2.47. The van der Waals surface area contributed by atoms with E-state index in [0.717, 1.165) is 9.64 Å². The fourth-order valence-electron chi connectivity index (χ4n) is 1.46. The van der Waals surface area contributed by atoms with Gasteiger partial charge in [-0.3, -0.25) is 0 Å². The minimum absolute atomic E-state index is 0.245. The van der Waals surface area contributed by atoms with Crippen LogP contribution in [0.1, 0.15) is 0 Å². The van der Waals surface area contributed by atoms with Crippen molar-refractivity contribution in [3.8, 4) is 0 Å². The standard InChI is InChI=1S/C13H9F3IO2S/c14-13(15,16)20(18,19)12-9-5-4-8-11(12)17-10-6-2-1-3-7-10/h1-9H/q+1. The van der Waals surface area contributed by atoms with E-state index in [9.17, 15) is 21.6 Å². The normalized spacial score (nSPS) is 12.3. The minimum Gasteiger partial charge on any atom is -0.214 e. The average Bonchev–Trinajstić information content (AvgIpc) is 2.39. The molecule has 0 fully saturated rings. The summed E-state index contributed by atoms with van der Waals surface area (Å²) in [5.41, 5.74) is -5.27. The van der Waals surface area contributed by atoms with Crippen LogP contribution in [-0.4, -0.2) is 13.9 Å². The molecule has 0 saturated carbocycles. The summed E-state index contributed by atoms with van der Waals surface area (Å²) >= 11 is -0.986. The van der Waals surface area contributed by atoms with Crippen molar-refractivity contribution in [1.29, 1.82) is 0 Å². The smallest absolute Gasteiger partial charge is 0.214 e. The number of rotatable bonds is 3. The summed E-state index contributed by atoms with van der Waals surface area (Å²) in [7, 11) is -5.30.